The summed E-state index contributed by atoms with van der Waals surface area (Å²) in [6.45, 7) is 6.34. The van der Waals surface area contributed by atoms with Crippen LogP contribution in [0, 0.1) is 5.92 Å². The van der Waals surface area contributed by atoms with E-state index in [0.29, 0.717) is 26.1 Å². The summed E-state index contributed by atoms with van der Waals surface area (Å²) in [4.78, 5) is 29.0. The van der Waals surface area contributed by atoms with E-state index in [-0.39, 0.29) is 36.2 Å². The maximum absolute atomic E-state index is 12.7. The average molecular weight is 396 g/mol. The number of hydrogen-bond acceptors (Lipinski definition) is 4. The highest BCUT2D eigenvalue weighted by Crippen LogP contribution is 2.22. The molecule has 6 nitrogen and oxygen atoms in total. The van der Waals surface area contributed by atoms with Crippen LogP contribution >= 0.6 is 12.4 Å². The Morgan fingerprint density at radius 1 is 1.15 bits per heavy atom. The summed E-state index contributed by atoms with van der Waals surface area (Å²) >= 11 is 0. The topological polar surface area (TPSA) is 61.9 Å². The summed E-state index contributed by atoms with van der Waals surface area (Å²) in [6, 6.07) is 9.80. The van der Waals surface area contributed by atoms with Crippen LogP contribution in [0.4, 0.5) is 0 Å². The number of piperidine rings is 1. The molecular formula is C20H30ClN3O3. The molecular weight excluding hydrogens is 366 g/mol. The normalized spacial score (nSPS) is 20.7. The number of piperazine rings is 1. The van der Waals surface area contributed by atoms with Gasteiger partial charge in [-0.05, 0) is 31.9 Å². The average Bonchev–Trinajstić information content (AvgIpc) is 2.69. The van der Waals surface area contributed by atoms with Crippen molar-refractivity contribution in [2.45, 2.75) is 32.2 Å². The van der Waals surface area contributed by atoms with Crippen molar-refractivity contribution in [3.8, 4) is 5.75 Å². The van der Waals surface area contributed by atoms with Gasteiger partial charge in [-0.15, -0.1) is 12.4 Å². The molecule has 2 fully saturated rings. The maximum atomic E-state index is 12.7. The minimum Gasteiger partial charge on any atom is -0.493 e. The molecule has 0 bridgehead atoms. The summed E-state index contributed by atoms with van der Waals surface area (Å²) in [6.07, 6.45) is 1.91. The van der Waals surface area contributed by atoms with Gasteiger partial charge < -0.3 is 19.9 Å². The molecule has 1 aromatic rings. The Kier molecular flexibility index (Phi) is 8.38. The summed E-state index contributed by atoms with van der Waals surface area (Å²) in [5.74, 6) is 1.22. The third-order valence-electron chi connectivity index (χ3n) is 5.31. The zero-order chi connectivity index (χ0) is 18.4. The number of ether oxygens (including phenoxy) is 1. The molecule has 0 aliphatic carbocycles. The van der Waals surface area contributed by atoms with E-state index in [1.807, 2.05) is 40.1 Å². The Hall–Kier alpha value is -1.79. The molecule has 150 valence electrons. The van der Waals surface area contributed by atoms with Crippen molar-refractivity contribution < 1.29 is 14.3 Å². The van der Waals surface area contributed by atoms with Gasteiger partial charge in [-0.1, -0.05) is 18.2 Å². The highest BCUT2D eigenvalue weighted by atomic mass is 35.5. The number of likely N-dealkylation sites (tertiary alicyclic amines) is 1. The molecule has 0 unspecified atom stereocenters. The number of halogens is 1. The third-order valence-corrected chi connectivity index (χ3v) is 5.31. The van der Waals surface area contributed by atoms with Gasteiger partial charge in [0.2, 0.25) is 11.8 Å². The van der Waals surface area contributed by atoms with Crippen molar-refractivity contribution in [3.05, 3.63) is 30.3 Å². The van der Waals surface area contributed by atoms with Crippen LogP contribution in [-0.4, -0.2) is 67.0 Å². The highest BCUT2D eigenvalue weighted by Gasteiger charge is 2.32. The molecule has 2 amide bonds. The number of carbonyl (C=O) groups is 2. The second kappa shape index (κ2) is 10.5. The van der Waals surface area contributed by atoms with Gasteiger partial charge in [-0.25, -0.2) is 0 Å². The van der Waals surface area contributed by atoms with Crippen molar-refractivity contribution in [1.82, 2.24) is 15.1 Å². The SMILES string of the molecule is C[C@H]1CNCCN1C(=O)C1CCN(C(=O)CCOc2ccccc2)CC1.Cl. The van der Waals surface area contributed by atoms with Gasteiger partial charge in [0, 0.05) is 44.7 Å². The first-order chi connectivity index (χ1) is 12.6. The van der Waals surface area contributed by atoms with E-state index in [4.69, 9.17) is 4.74 Å². The predicted octanol–water partition coefficient (Wildman–Crippen LogP) is 1.94. The van der Waals surface area contributed by atoms with Crippen LogP contribution < -0.4 is 10.1 Å². The van der Waals surface area contributed by atoms with E-state index >= 15 is 0 Å². The van der Waals surface area contributed by atoms with Gasteiger partial charge in [-0.3, -0.25) is 9.59 Å². The number of para-hydroxylation sites is 1. The lowest BCUT2D eigenvalue weighted by molar-refractivity contribution is -0.143. The number of carbonyl (C=O) groups excluding carboxylic acids is 2. The van der Waals surface area contributed by atoms with Gasteiger partial charge >= 0.3 is 0 Å². The lowest BCUT2D eigenvalue weighted by Crippen LogP contribution is -2.55. The molecule has 3 rings (SSSR count). The van der Waals surface area contributed by atoms with E-state index in [1.165, 1.54) is 0 Å². The van der Waals surface area contributed by atoms with Crippen LogP contribution in [0.2, 0.25) is 0 Å². The van der Waals surface area contributed by atoms with Crippen molar-refractivity contribution in [3.63, 3.8) is 0 Å². The van der Waals surface area contributed by atoms with Gasteiger partial charge in [0.25, 0.3) is 0 Å². The smallest absolute Gasteiger partial charge is 0.226 e. The summed E-state index contributed by atoms with van der Waals surface area (Å²) in [5.41, 5.74) is 0. The Labute approximate surface area is 167 Å². The zero-order valence-electron chi connectivity index (χ0n) is 15.9. The van der Waals surface area contributed by atoms with Crippen LogP contribution in [0.25, 0.3) is 0 Å². The fraction of sp³-hybridized carbons (Fsp3) is 0.600. The van der Waals surface area contributed by atoms with Crippen LogP contribution in [0.5, 0.6) is 5.75 Å². The Morgan fingerprint density at radius 3 is 2.52 bits per heavy atom. The third kappa shape index (κ3) is 5.84. The van der Waals surface area contributed by atoms with E-state index in [9.17, 15) is 9.59 Å². The molecule has 7 heteroatoms. The monoisotopic (exact) mass is 395 g/mol. The van der Waals surface area contributed by atoms with E-state index in [0.717, 1.165) is 38.2 Å². The minimum atomic E-state index is 0. The fourth-order valence-electron chi connectivity index (χ4n) is 3.71. The second-order valence-corrected chi connectivity index (χ2v) is 7.15. The molecule has 0 radical (unpaired) electrons. The maximum Gasteiger partial charge on any atom is 0.226 e. The zero-order valence-corrected chi connectivity index (χ0v) is 16.7. The number of benzene rings is 1. The van der Waals surface area contributed by atoms with Gasteiger partial charge in [0.1, 0.15) is 5.75 Å². The highest BCUT2D eigenvalue weighted by molar-refractivity contribution is 5.85. The van der Waals surface area contributed by atoms with Crippen molar-refractivity contribution in [2.75, 3.05) is 39.3 Å². The van der Waals surface area contributed by atoms with Gasteiger partial charge in [-0.2, -0.15) is 0 Å². The Bertz CT molecular complexity index is 606. The van der Waals surface area contributed by atoms with Crippen molar-refractivity contribution >= 4 is 24.2 Å². The molecule has 2 saturated heterocycles. The standard InChI is InChI=1S/C20H29N3O3.ClH/c1-16-15-21-10-13-23(16)20(25)17-7-11-22(12-8-17)19(24)9-14-26-18-5-3-2-4-6-18;/h2-6,16-17,21H,7-15H2,1H3;1H/t16-;/m0./s1. The molecule has 2 aliphatic rings. The lowest BCUT2D eigenvalue weighted by atomic mass is 9.94. The molecule has 2 aliphatic heterocycles. The van der Waals surface area contributed by atoms with E-state index in [1.54, 1.807) is 0 Å². The van der Waals surface area contributed by atoms with E-state index in [2.05, 4.69) is 12.2 Å². The first-order valence-electron chi connectivity index (χ1n) is 9.62. The predicted molar refractivity (Wildman–Crippen MR) is 107 cm³/mol. The molecule has 1 aromatic carbocycles. The van der Waals surface area contributed by atoms with Gasteiger partial charge in [0.15, 0.2) is 0 Å². The van der Waals surface area contributed by atoms with Crippen LogP contribution in [-0.2, 0) is 9.59 Å². The number of nitrogens with one attached hydrogen (secondary N) is 1. The quantitative estimate of drug-likeness (QED) is 0.827. The number of amides is 2. The molecule has 0 saturated carbocycles. The lowest BCUT2D eigenvalue weighted by Gasteiger charge is -2.39. The first-order valence-corrected chi connectivity index (χ1v) is 9.62. The molecule has 1 N–H and O–H groups in total. The molecule has 27 heavy (non-hydrogen) atoms. The molecule has 0 spiro atoms. The second-order valence-electron chi connectivity index (χ2n) is 7.15. The summed E-state index contributed by atoms with van der Waals surface area (Å²) < 4.78 is 5.60. The van der Waals surface area contributed by atoms with Crippen LogP contribution in [0.1, 0.15) is 26.2 Å². The molecule has 1 atom stereocenters. The number of nitrogens with zero attached hydrogens (tertiary/aromatic N) is 2. The Balaban J connectivity index is 0.00000261. The summed E-state index contributed by atoms with van der Waals surface area (Å²) in [5, 5.41) is 3.32. The van der Waals surface area contributed by atoms with Gasteiger partial charge in [0.05, 0.1) is 13.0 Å². The minimum absolute atomic E-state index is 0. The molecule has 0 aromatic heterocycles. The van der Waals surface area contributed by atoms with E-state index < -0.39 is 0 Å². The molecule has 2 heterocycles. The fourth-order valence-corrected chi connectivity index (χ4v) is 3.71. The summed E-state index contributed by atoms with van der Waals surface area (Å²) in [7, 11) is 0. The van der Waals surface area contributed by atoms with Crippen LogP contribution in [0.15, 0.2) is 30.3 Å². The number of rotatable bonds is 5. The largest absolute Gasteiger partial charge is 0.493 e. The first kappa shape index (κ1) is 21.5. The number of hydrogen-bond donors (Lipinski definition) is 1. The Morgan fingerprint density at radius 2 is 1.85 bits per heavy atom. The van der Waals surface area contributed by atoms with Crippen LogP contribution in [0.3, 0.4) is 0 Å². The van der Waals surface area contributed by atoms with Crippen molar-refractivity contribution in [2.24, 2.45) is 5.92 Å². The van der Waals surface area contributed by atoms with Crippen molar-refractivity contribution in [1.29, 1.82) is 0 Å².